The molecule has 0 radical (unpaired) electrons. The Labute approximate surface area is 863 Å². The van der Waals surface area contributed by atoms with E-state index in [4.69, 9.17) is 48.0 Å². The lowest BCUT2D eigenvalue weighted by molar-refractivity contribution is -0.688. The van der Waals surface area contributed by atoms with Crippen LogP contribution in [0, 0.1) is 23.3 Å². The molecular weight excluding hydrogens is 2030 g/mol. The summed E-state index contributed by atoms with van der Waals surface area (Å²) in [6.45, 7) is 48.0. The molecule has 8 aromatic carbocycles. The van der Waals surface area contributed by atoms with Crippen LogP contribution in [-0.4, -0.2) is 129 Å². The van der Waals surface area contributed by atoms with E-state index in [1.807, 2.05) is 149 Å². The minimum absolute atomic E-state index is 0. The molecule has 0 spiro atoms. The lowest BCUT2D eigenvalue weighted by atomic mass is 9.76. The van der Waals surface area contributed by atoms with Gasteiger partial charge in [-0.1, -0.05) is 233 Å². The van der Waals surface area contributed by atoms with Crippen LogP contribution in [0.3, 0.4) is 0 Å². The Bertz CT molecular complexity index is 6590. The van der Waals surface area contributed by atoms with Crippen molar-refractivity contribution in [2.45, 2.75) is 143 Å². The van der Waals surface area contributed by atoms with Gasteiger partial charge in [0.25, 0.3) is 17.7 Å². The number of benzene rings is 8. The second kappa shape index (κ2) is 54.9. The second-order valence-electron chi connectivity index (χ2n) is 34.9. The number of hydrogen-bond acceptors (Lipinski definition) is 19. The summed E-state index contributed by atoms with van der Waals surface area (Å²) >= 11 is 5.46. The van der Waals surface area contributed by atoms with Crippen LogP contribution < -0.4 is 43.0 Å². The summed E-state index contributed by atoms with van der Waals surface area (Å²) in [6, 6.07) is 80.0. The van der Waals surface area contributed by atoms with Gasteiger partial charge in [-0.05, 0) is 210 Å². The van der Waals surface area contributed by atoms with E-state index in [9.17, 15) is 33.6 Å². The van der Waals surface area contributed by atoms with Crippen molar-refractivity contribution in [3.8, 4) is 33.4 Å². The molecule has 3 amide bonds. The van der Waals surface area contributed by atoms with E-state index >= 15 is 0 Å². The molecule has 10 heterocycles. The summed E-state index contributed by atoms with van der Waals surface area (Å²) in [4.78, 5) is 110. The second-order valence-corrected chi connectivity index (χ2v) is 36.6. The van der Waals surface area contributed by atoms with Gasteiger partial charge in [0.05, 0.1) is 55.3 Å². The molecule has 30 heteroatoms. The molecule has 142 heavy (non-hydrogen) atoms. The van der Waals surface area contributed by atoms with E-state index < -0.39 is 41.8 Å². The summed E-state index contributed by atoms with van der Waals surface area (Å²) in [5.74, 6) is -0.716. The Hall–Kier alpha value is -14.6. The number of hydrogen-bond donors (Lipinski definition) is 3. The van der Waals surface area contributed by atoms with Crippen molar-refractivity contribution in [1.29, 1.82) is 0 Å². The topological polar surface area (TPSA) is 292 Å². The fourth-order valence-corrected chi connectivity index (χ4v) is 15.4. The van der Waals surface area contributed by atoms with Crippen molar-refractivity contribution in [2.75, 3.05) is 32.8 Å². The minimum Gasteiger partial charge on any atom is -1.00 e. The number of carbonyl (C=O) groups excluding carboxylic acids is 7. The standard InChI is InChI=1S/C20H20N2O.C20H16N2O.C15H21BO4.C15H12N2O2.C13H10N2O.C10H18O5.C7H7Br.C6H3IN2.C6H4N2.BrH/c2*23-20-19-9-5-4-8-18(19)17-10-11-22(14-16(17)12-21-20)13-15-6-2-1-3-7-15;1-6-18-13(17)11-9-7-8-10-12(11)16-19-14(2,3)15(4,5)20-16;1-3-19-15(18)13-7-5-4-6-11(13)12-8-9-17-10-14(12)16-2;16-13-12-4-2-1-3-11(12)10-5-6-14-7-9(10)8-15-13;1-9(2,3)14-7(11)13-8(12)15-10(4,5)6;8-6-7-4-2-1-3-5-7;1-8-6-4-9-3-2-5(6)7;1-7-6-3-2-4-8-5-6;/h1-9H,10-14H2,(H,21,23);1-11,14H,12-13H2;7-10H,6H2,1-5H3;4-10H,3H2,1H3;1-7H,8H2,(H,15,16);1-6H3;1-5H,6H2;2-4H;2-5H;1H. The van der Waals surface area contributed by atoms with Gasteiger partial charge in [0, 0.05) is 132 Å². The molecule has 13 aromatic rings. The highest BCUT2D eigenvalue weighted by molar-refractivity contribution is 14.1. The molecule has 5 aliphatic rings. The smallest absolute Gasteiger partial charge is 0.519 e. The van der Waals surface area contributed by atoms with Gasteiger partial charge >= 0.3 is 31.4 Å². The van der Waals surface area contributed by atoms with Gasteiger partial charge in [-0.25, -0.2) is 38.3 Å². The van der Waals surface area contributed by atoms with Crippen molar-refractivity contribution in [3.63, 3.8) is 0 Å². The maximum atomic E-state index is 12.3. The summed E-state index contributed by atoms with van der Waals surface area (Å²) < 4.78 is 39.0. The van der Waals surface area contributed by atoms with Gasteiger partial charge in [0.1, 0.15) is 11.2 Å². The van der Waals surface area contributed by atoms with E-state index in [0.717, 1.165) is 97.1 Å². The highest BCUT2D eigenvalue weighted by Gasteiger charge is 2.52. The Morgan fingerprint density at radius 1 is 0.479 bits per heavy atom. The Morgan fingerprint density at radius 3 is 1.42 bits per heavy atom. The van der Waals surface area contributed by atoms with E-state index in [1.54, 1.807) is 141 Å². The third-order valence-electron chi connectivity index (χ3n) is 21.9. The maximum absolute atomic E-state index is 12.3. The number of carbonyl (C=O) groups is 7. The zero-order chi connectivity index (χ0) is 101. The van der Waals surface area contributed by atoms with Gasteiger partial charge < -0.3 is 65.9 Å². The number of rotatable bonds is 11. The normalized spacial score (nSPS) is 13.3. The van der Waals surface area contributed by atoms with Gasteiger partial charge in [0.2, 0.25) is 17.1 Å². The number of amides is 3. The van der Waals surface area contributed by atoms with Crippen LogP contribution in [0.2, 0.25) is 0 Å². The minimum atomic E-state index is -1.06. The number of halogens is 3. The molecule has 1 saturated heterocycles. The molecule has 18 rings (SSSR count). The van der Waals surface area contributed by atoms with Gasteiger partial charge in [-0.2, -0.15) is 0 Å². The lowest BCUT2D eigenvalue weighted by Crippen LogP contribution is -3.00. The van der Waals surface area contributed by atoms with Gasteiger partial charge in [0.15, 0.2) is 18.9 Å². The highest BCUT2D eigenvalue weighted by atomic mass is 127. The van der Waals surface area contributed by atoms with Crippen LogP contribution in [0.1, 0.15) is 175 Å². The number of fused-ring (bicyclic) bond motifs is 8. The van der Waals surface area contributed by atoms with E-state index in [-0.39, 0.29) is 46.6 Å². The Balaban J connectivity index is 0.000000182. The van der Waals surface area contributed by atoms with Crippen LogP contribution in [0.25, 0.3) is 53.5 Å². The molecule has 0 saturated carbocycles. The van der Waals surface area contributed by atoms with Crippen molar-refractivity contribution in [1.82, 2.24) is 40.8 Å². The molecule has 0 aliphatic carbocycles. The lowest BCUT2D eigenvalue weighted by Gasteiger charge is -2.32. The molecule has 26 nitrogen and oxygen atoms in total. The predicted octanol–water partition coefficient (Wildman–Crippen LogP) is 20.0. The van der Waals surface area contributed by atoms with Crippen molar-refractivity contribution < 1.29 is 88.1 Å². The number of pyridine rings is 5. The molecule has 1 fully saturated rings. The quantitative estimate of drug-likeness (QED) is 0.0158. The Morgan fingerprint density at radius 2 is 0.923 bits per heavy atom. The number of nitrogens with zero attached hydrogens (tertiary/aromatic N) is 9. The summed E-state index contributed by atoms with van der Waals surface area (Å²) in [6.07, 6.45) is 16.2. The van der Waals surface area contributed by atoms with Crippen molar-refractivity contribution in [3.05, 3.63) is 415 Å². The van der Waals surface area contributed by atoms with E-state index in [0.29, 0.717) is 77.6 Å². The first-order chi connectivity index (χ1) is 67.7. The van der Waals surface area contributed by atoms with Crippen LogP contribution in [0.4, 0.5) is 26.7 Å². The van der Waals surface area contributed by atoms with Gasteiger partial charge in [-0.15, -0.1) is 0 Å². The summed E-state index contributed by atoms with van der Waals surface area (Å²) in [7, 11) is -0.555. The van der Waals surface area contributed by atoms with Crippen molar-refractivity contribution in [2.24, 2.45) is 0 Å². The van der Waals surface area contributed by atoms with E-state index in [1.165, 1.54) is 40.2 Å². The number of alkyl halides is 1. The molecule has 5 aliphatic heterocycles. The number of ether oxygens (including phenoxy) is 5. The first-order valence-electron chi connectivity index (χ1n) is 45.5. The van der Waals surface area contributed by atoms with Gasteiger partial charge in [-0.3, -0.25) is 39.2 Å². The monoisotopic (exact) mass is 2140 g/mol. The zero-order valence-electron chi connectivity index (χ0n) is 81.2. The van der Waals surface area contributed by atoms with Crippen LogP contribution in [-0.2, 0) is 64.5 Å². The fourth-order valence-electron chi connectivity index (χ4n) is 14.6. The van der Waals surface area contributed by atoms with Crippen LogP contribution >= 0.6 is 38.5 Å². The average Bonchev–Trinajstić information content (AvgIpc) is 1.61. The van der Waals surface area contributed by atoms with Crippen LogP contribution in [0.5, 0.6) is 0 Å². The molecule has 0 bridgehead atoms. The summed E-state index contributed by atoms with van der Waals surface area (Å²) in [5, 5.41) is 9.89. The predicted molar refractivity (Wildman–Crippen MR) is 558 cm³/mol. The molecule has 0 atom stereocenters. The largest absolute Gasteiger partial charge is 1.00 e. The highest BCUT2D eigenvalue weighted by Crippen LogP contribution is 2.39. The maximum Gasteiger partial charge on any atom is 0.519 e. The summed E-state index contributed by atoms with van der Waals surface area (Å²) in [5.41, 5.74) is 18.9. The first-order valence-corrected chi connectivity index (χ1v) is 47.7. The third-order valence-corrected chi connectivity index (χ3v) is 23.5. The molecule has 728 valence electrons. The first kappa shape index (κ1) is 111. The number of nitrogens with one attached hydrogen (secondary N) is 3. The van der Waals surface area contributed by atoms with Crippen molar-refractivity contribution >= 4 is 116 Å². The number of aromatic nitrogens is 5. The average molecular weight is 2150 g/mol. The molecule has 0 unspecified atom stereocenters. The molecular formula is C112H112BBr2IN12O14. The zero-order valence-corrected chi connectivity index (χ0v) is 86.5. The Kier molecular flexibility index (Phi) is 42.9. The SMILES string of the molecule is BrCc1ccccc1.CC(C)(C)OC(=O)OC(=O)OC(C)(C)C.CCOC(=O)c1ccccc1B1OC(C)(C)C(C)(C)O1.O=C1NCC2=C(CCN(Cc3ccccc3)C2)c2ccccc21.O=C1NCc2c[n+](Cc3ccccc3)ccc2-c2ccccc21.O=C1NCc2cnccc2-c2ccccc21.[Br-].[C-]#[N+]c1cccnc1.[C-]#[N+]c1cnccc1-c1ccccc1C(=O)OCC.[C-]#[N+]c1cnccc1I. The number of esters is 2. The molecule has 5 aromatic heterocycles. The third kappa shape index (κ3) is 33.3. The fraction of sp³-hybridized carbons (Fsp3) is 0.241. The molecule has 3 N–H and O–H groups in total. The van der Waals surface area contributed by atoms with Crippen LogP contribution in [0.15, 0.2) is 316 Å². The van der Waals surface area contributed by atoms with E-state index in [2.05, 4.69) is 194 Å².